The number of H-pyrrole nitrogens is 2. The van der Waals surface area contributed by atoms with E-state index in [1.54, 1.807) is 11.3 Å². The molecule has 0 aromatic carbocycles. The number of rotatable bonds is 6. The van der Waals surface area contributed by atoms with Crippen molar-refractivity contribution in [2.24, 2.45) is 0 Å². The summed E-state index contributed by atoms with van der Waals surface area (Å²) < 4.78 is 0. The molecule has 5 heteroatoms. The van der Waals surface area contributed by atoms with Gasteiger partial charge in [0.05, 0.1) is 11.0 Å². The highest BCUT2D eigenvalue weighted by atomic mass is 32.1. The lowest BCUT2D eigenvalue weighted by atomic mass is 9.99. The normalized spacial score (nSPS) is 15.9. The van der Waals surface area contributed by atoms with Gasteiger partial charge in [0.15, 0.2) is 0 Å². The Kier molecular flexibility index (Phi) is 6.35. The predicted molar refractivity (Wildman–Crippen MR) is 133 cm³/mol. The second-order valence-corrected chi connectivity index (χ2v) is 8.37. The first kappa shape index (κ1) is 21.1. The van der Waals surface area contributed by atoms with Gasteiger partial charge in [0.2, 0.25) is 0 Å². The molecule has 0 radical (unpaired) electrons. The number of nitrogens with zero attached hydrogens (tertiary/aromatic N) is 1. The maximum absolute atomic E-state index is 4.65. The van der Waals surface area contributed by atoms with Crippen LogP contribution in [0.5, 0.6) is 0 Å². The molecule has 0 saturated heterocycles. The highest BCUT2D eigenvalue weighted by molar-refractivity contribution is 7.08. The molecule has 3 aromatic heterocycles. The Morgan fingerprint density at radius 3 is 2.87 bits per heavy atom. The van der Waals surface area contributed by atoms with Crippen molar-refractivity contribution >= 4 is 29.1 Å². The Hall–Kier alpha value is -3.15. The van der Waals surface area contributed by atoms with Crippen molar-refractivity contribution in [3.05, 3.63) is 92.8 Å². The van der Waals surface area contributed by atoms with Crippen molar-refractivity contribution in [2.75, 3.05) is 13.1 Å². The minimum absolute atomic E-state index is 0.896. The minimum Gasteiger partial charge on any atom is -0.357 e. The van der Waals surface area contributed by atoms with E-state index < -0.39 is 0 Å². The number of nitrogens with one attached hydrogen (secondary N) is 3. The average molecular weight is 429 g/mol. The molecule has 31 heavy (non-hydrogen) atoms. The van der Waals surface area contributed by atoms with Crippen LogP contribution in [0.25, 0.3) is 29.1 Å². The maximum Gasteiger partial charge on any atom is 0.116 e. The van der Waals surface area contributed by atoms with E-state index in [1.165, 1.54) is 11.1 Å². The predicted octanol–water partition coefficient (Wildman–Crippen LogP) is 4.45. The molecule has 4 rings (SSSR count). The van der Waals surface area contributed by atoms with Crippen molar-refractivity contribution in [3.63, 3.8) is 0 Å². The van der Waals surface area contributed by atoms with E-state index in [-0.39, 0.29) is 0 Å². The quantitative estimate of drug-likeness (QED) is 0.508. The molecule has 0 fully saturated rings. The summed E-state index contributed by atoms with van der Waals surface area (Å²) in [6.45, 7) is 14.3. The molecule has 0 amide bonds. The summed E-state index contributed by atoms with van der Waals surface area (Å²) in [6, 6.07) is 4.32. The van der Waals surface area contributed by atoms with Gasteiger partial charge in [0.1, 0.15) is 5.69 Å². The molecule has 0 aliphatic carbocycles. The molecule has 158 valence electrons. The van der Waals surface area contributed by atoms with Gasteiger partial charge in [-0.2, -0.15) is 16.4 Å². The van der Waals surface area contributed by atoms with E-state index in [0.717, 1.165) is 63.9 Å². The molecule has 4 nitrogen and oxygen atoms in total. The lowest BCUT2D eigenvalue weighted by molar-refractivity contribution is 0.710. The van der Waals surface area contributed by atoms with Crippen LogP contribution in [0.4, 0.5) is 0 Å². The standard InChI is InChI=1S/C26H28N4S/c1-5-7-21(20-10-13-31-16-20)22-15-25(28-18(22)4)26-23(24(6-2)29-30-26)14-17(3)19-8-11-27-12-9-19/h5-8,10,13-16,27-29H,1,3,9,11-12H2,2,4H3/b21-7-,23-14+,24-6+. The lowest BCUT2D eigenvalue weighted by Gasteiger charge is -2.13. The number of hydrogen-bond acceptors (Lipinski definition) is 3. The van der Waals surface area contributed by atoms with Crippen LogP contribution in [-0.4, -0.2) is 28.3 Å². The van der Waals surface area contributed by atoms with E-state index in [1.807, 2.05) is 13.0 Å². The molecule has 4 heterocycles. The first-order chi connectivity index (χ1) is 15.1. The number of aromatic amines is 2. The number of aryl methyl sites for hydroxylation is 1. The van der Waals surface area contributed by atoms with Crippen LogP contribution >= 0.6 is 11.3 Å². The first-order valence-electron chi connectivity index (χ1n) is 10.5. The van der Waals surface area contributed by atoms with Gasteiger partial charge in [0, 0.05) is 23.0 Å². The fourth-order valence-electron chi connectivity index (χ4n) is 3.96. The zero-order valence-corrected chi connectivity index (χ0v) is 18.9. The summed E-state index contributed by atoms with van der Waals surface area (Å²) in [5.74, 6) is 0. The van der Waals surface area contributed by atoms with Gasteiger partial charge in [-0.05, 0) is 78.1 Å². The van der Waals surface area contributed by atoms with Crippen LogP contribution in [0.1, 0.15) is 30.2 Å². The van der Waals surface area contributed by atoms with Crippen LogP contribution in [-0.2, 0) is 0 Å². The summed E-state index contributed by atoms with van der Waals surface area (Å²) in [6.07, 6.45) is 11.3. The van der Waals surface area contributed by atoms with Crippen LogP contribution < -0.4 is 15.9 Å². The zero-order chi connectivity index (χ0) is 21.8. The third kappa shape index (κ3) is 4.33. The number of aromatic nitrogens is 3. The molecule has 0 bridgehead atoms. The minimum atomic E-state index is 0.896. The second-order valence-electron chi connectivity index (χ2n) is 7.59. The second kappa shape index (κ2) is 9.33. The van der Waals surface area contributed by atoms with E-state index in [4.69, 9.17) is 0 Å². The molecule has 3 aromatic rings. The van der Waals surface area contributed by atoms with E-state index in [2.05, 4.69) is 87.8 Å². The number of hydrogen-bond donors (Lipinski definition) is 3. The van der Waals surface area contributed by atoms with Gasteiger partial charge in [0.25, 0.3) is 0 Å². The Morgan fingerprint density at radius 1 is 1.32 bits per heavy atom. The highest BCUT2D eigenvalue weighted by Gasteiger charge is 2.15. The smallest absolute Gasteiger partial charge is 0.116 e. The zero-order valence-electron chi connectivity index (χ0n) is 18.1. The fourth-order valence-corrected chi connectivity index (χ4v) is 4.62. The van der Waals surface area contributed by atoms with Crippen LogP contribution in [0.3, 0.4) is 0 Å². The Morgan fingerprint density at radius 2 is 2.19 bits per heavy atom. The third-order valence-electron chi connectivity index (χ3n) is 5.59. The number of thiophene rings is 1. The molecular formula is C26H28N4S. The third-order valence-corrected chi connectivity index (χ3v) is 6.28. The lowest BCUT2D eigenvalue weighted by Crippen LogP contribution is -2.25. The maximum atomic E-state index is 4.65. The van der Waals surface area contributed by atoms with Gasteiger partial charge in [-0.1, -0.05) is 37.5 Å². The highest BCUT2D eigenvalue weighted by Crippen LogP contribution is 2.30. The fraction of sp³-hybridized carbons (Fsp3) is 0.192. The summed E-state index contributed by atoms with van der Waals surface area (Å²) >= 11 is 1.70. The van der Waals surface area contributed by atoms with Crippen LogP contribution in [0.15, 0.2) is 65.4 Å². The molecular weight excluding hydrogens is 400 g/mol. The van der Waals surface area contributed by atoms with E-state index in [9.17, 15) is 0 Å². The molecule has 1 aliphatic heterocycles. The summed E-state index contributed by atoms with van der Waals surface area (Å²) in [7, 11) is 0. The van der Waals surface area contributed by atoms with E-state index in [0.29, 0.717) is 0 Å². The van der Waals surface area contributed by atoms with Crippen molar-refractivity contribution in [1.29, 1.82) is 0 Å². The van der Waals surface area contributed by atoms with Crippen LogP contribution in [0.2, 0.25) is 0 Å². The van der Waals surface area contributed by atoms with Crippen molar-refractivity contribution in [1.82, 2.24) is 20.5 Å². The molecule has 0 atom stereocenters. The van der Waals surface area contributed by atoms with Crippen molar-refractivity contribution < 1.29 is 0 Å². The molecule has 0 unspecified atom stereocenters. The molecule has 1 aliphatic rings. The van der Waals surface area contributed by atoms with Crippen molar-refractivity contribution in [2.45, 2.75) is 20.3 Å². The van der Waals surface area contributed by atoms with Gasteiger partial charge in [-0.3, -0.25) is 5.10 Å². The SMILES string of the molecule is C=C/C=C(/c1ccsc1)c1cc(-c2n[nH]c(=C/C)/c2=C\C(=C)C2=CCNCC2)[nH]c1C. The monoisotopic (exact) mass is 428 g/mol. The largest absolute Gasteiger partial charge is 0.357 e. The summed E-state index contributed by atoms with van der Waals surface area (Å²) in [5, 5.41) is 17.5. The van der Waals surface area contributed by atoms with Gasteiger partial charge < -0.3 is 10.3 Å². The van der Waals surface area contributed by atoms with E-state index >= 15 is 0 Å². The van der Waals surface area contributed by atoms with Crippen LogP contribution in [0, 0.1) is 6.92 Å². The average Bonchev–Trinajstić information content (AvgIpc) is 3.53. The van der Waals surface area contributed by atoms with Gasteiger partial charge >= 0.3 is 0 Å². The van der Waals surface area contributed by atoms with Gasteiger partial charge in [-0.15, -0.1) is 0 Å². The molecule has 0 saturated carbocycles. The molecule has 0 spiro atoms. The first-order valence-corrected chi connectivity index (χ1v) is 11.4. The van der Waals surface area contributed by atoms with Crippen molar-refractivity contribution in [3.8, 4) is 11.4 Å². The Labute approximate surface area is 187 Å². The van der Waals surface area contributed by atoms with Gasteiger partial charge in [-0.25, -0.2) is 0 Å². The Bertz CT molecular complexity index is 1280. The molecule has 3 N–H and O–H groups in total. The Balaban J connectivity index is 1.81. The summed E-state index contributed by atoms with van der Waals surface area (Å²) in [5.41, 5.74) is 8.84. The number of allylic oxidation sites excluding steroid dienone is 3. The summed E-state index contributed by atoms with van der Waals surface area (Å²) in [4.78, 5) is 3.55. The topological polar surface area (TPSA) is 56.5 Å².